The van der Waals surface area contributed by atoms with Crippen LogP contribution in [0.4, 0.5) is 0 Å². The van der Waals surface area contributed by atoms with E-state index < -0.39 is 47.9 Å². The highest BCUT2D eigenvalue weighted by molar-refractivity contribution is 5.95. The van der Waals surface area contributed by atoms with Gasteiger partial charge in [-0.1, -0.05) is 36.4 Å². The summed E-state index contributed by atoms with van der Waals surface area (Å²) in [5.74, 6) is -3.07. The molecular weight excluding hydrogens is 564 g/mol. The molecule has 0 saturated carbocycles. The lowest BCUT2D eigenvalue weighted by Crippen LogP contribution is -2.57. The first-order valence-electron chi connectivity index (χ1n) is 14.2. The molecule has 0 fully saturated rings. The fourth-order valence-corrected chi connectivity index (χ4v) is 5.13. The summed E-state index contributed by atoms with van der Waals surface area (Å²) >= 11 is 0. The second-order valence-corrected chi connectivity index (χ2v) is 10.7. The van der Waals surface area contributed by atoms with Crippen molar-refractivity contribution in [2.45, 2.75) is 50.4 Å². The lowest BCUT2D eigenvalue weighted by atomic mass is 10.0. The van der Waals surface area contributed by atoms with Crippen molar-refractivity contribution in [3.05, 3.63) is 90.3 Å². The predicted molar refractivity (Wildman–Crippen MR) is 163 cm³/mol. The van der Waals surface area contributed by atoms with Crippen LogP contribution in [0, 0.1) is 0 Å². The van der Waals surface area contributed by atoms with Gasteiger partial charge in [0.25, 0.3) is 0 Å². The Morgan fingerprint density at radius 1 is 0.773 bits per heavy atom. The third-order valence-electron chi connectivity index (χ3n) is 7.53. The van der Waals surface area contributed by atoms with E-state index >= 15 is 0 Å². The molecule has 0 bridgehead atoms. The number of benzene rings is 2. The molecule has 228 valence electrons. The number of aromatic amines is 3. The van der Waals surface area contributed by atoms with E-state index in [1.165, 1.54) is 13.3 Å². The highest BCUT2D eigenvalue weighted by Crippen LogP contribution is 2.21. The molecule has 13 nitrogen and oxygen atoms in total. The number of imidazole rings is 1. The van der Waals surface area contributed by atoms with Crippen LogP contribution in [0.25, 0.3) is 21.8 Å². The molecule has 13 heteroatoms. The number of carboxylic acids is 1. The summed E-state index contributed by atoms with van der Waals surface area (Å²) in [7, 11) is 0. The Labute approximate surface area is 252 Å². The molecule has 0 radical (unpaired) electrons. The molecule has 4 atom stereocenters. The molecule has 4 unspecified atom stereocenters. The van der Waals surface area contributed by atoms with E-state index in [1.54, 1.807) is 18.6 Å². The third kappa shape index (κ3) is 6.95. The van der Waals surface area contributed by atoms with Crippen LogP contribution in [0.5, 0.6) is 0 Å². The number of aromatic nitrogens is 4. The molecule has 0 aliphatic heterocycles. The zero-order valence-corrected chi connectivity index (χ0v) is 24.0. The second kappa shape index (κ2) is 13.3. The van der Waals surface area contributed by atoms with Crippen molar-refractivity contribution >= 4 is 45.5 Å². The van der Waals surface area contributed by atoms with Crippen LogP contribution in [0.2, 0.25) is 0 Å². The summed E-state index contributed by atoms with van der Waals surface area (Å²) in [4.78, 5) is 64.9. The predicted octanol–water partition coefficient (Wildman–Crippen LogP) is 1.29. The number of nitrogens with two attached hydrogens (primary N) is 1. The standard InChI is InChI=1S/C31H34N8O5/c1-17(37-29(41)23(32)12-20-15-33-16-36-20)28(40)38-26(10-18-13-34-24-8-4-2-6-21(18)24)30(42)39-27(31(43)44)11-19-14-35-25-9-5-3-7-22(19)25/h2-9,13-17,23,26-27,34-35H,10-12,32H2,1H3,(H,33,36)(H,37,41)(H,38,40)(H,39,42)(H,43,44). The molecule has 3 aromatic heterocycles. The van der Waals surface area contributed by atoms with Crippen molar-refractivity contribution in [3.8, 4) is 0 Å². The zero-order valence-electron chi connectivity index (χ0n) is 24.0. The van der Waals surface area contributed by atoms with Crippen LogP contribution in [0.3, 0.4) is 0 Å². The third-order valence-corrected chi connectivity index (χ3v) is 7.53. The van der Waals surface area contributed by atoms with Crippen LogP contribution in [-0.2, 0) is 38.4 Å². The highest BCUT2D eigenvalue weighted by Gasteiger charge is 2.30. The van der Waals surface area contributed by atoms with Crippen LogP contribution >= 0.6 is 0 Å². The molecular formula is C31H34N8O5. The van der Waals surface area contributed by atoms with Gasteiger partial charge in [0.1, 0.15) is 18.1 Å². The first kappa shape index (κ1) is 30.0. The number of nitrogens with zero attached hydrogens (tertiary/aromatic N) is 1. The number of fused-ring (bicyclic) bond motifs is 2. The number of aliphatic carboxylic acids is 1. The summed E-state index contributed by atoms with van der Waals surface area (Å²) in [5, 5.41) is 19.6. The topological polar surface area (TPSA) is 211 Å². The number of hydrogen-bond donors (Lipinski definition) is 8. The van der Waals surface area contributed by atoms with Crippen LogP contribution in [0.15, 0.2) is 73.4 Å². The van der Waals surface area contributed by atoms with E-state index in [1.807, 2.05) is 48.5 Å². The largest absolute Gasteiger partial charge is 0.480 e. The molecule has 2 aromatic carbocycles. The number of rotatable bonds is 13. The maximum absolute atomic E-state index is 13.7. The van der Waals surface area contributed by atoms with Crippen LogP contribution < -0.4 is 21.7 Å². The zero-order chi connectivity index (χ0) is 31.2. The first-order valence-corrected chi connectivity index (χ1v) is 14.2. The van der Waals surface area contributed by atoms with E-state index in [0.717, 1.165) is 32.9 Å². The Morgan fingerprint density at radius 3 is 1.91 bits per heavy atom. The number of carbonyl (C=O) groups is 4. The SMILES string of the molecule is CC(NC(=O)C(N)Cc1cnc[nH]1)C(=O)NC(Cc1c[nH]c2ccccc12)C(=O)NC(Cc1c[nH]c2ccccc12)C(=O)O. The molecule has 5 rings (SSSR count). The molecule has 0 aliphatic carbocycles. The minimum atomic E-state index is -1.26. The number of carbonyl (C=O) groups excluding carboxylic acids is 3. The van der Waals surface area contributed by atoms with E-state index in [9.17, 15) is 24.3 Å². The molecule has 3 heterocycles. The van der Waals surface area contributed by atoms with Crippen molar-refractivity contribution in [1.82, 2.24) is 35.9 Å². The maximum Gasteiger partial charge on any atom is 0.326 e. The Morgan fingerprint density at radius 2 is 1.34 bits per heavy atom. The number of para-hydroxylation sites is 2. The lowest BCUT2D eigenvalue weighted by molar-refractivity contribution is -0.142. The average Bonchev–Trinajstić information content (AvgIpc) is 3.77. The summed E-state index contributed by atoms with van der Waals surface area (Å²) in [6.45, 7) is 1.48. The normalized spacial score (nSPS) is 14.0. The Bertz CT molecular complexity index is 1780. The highest BCUT2D eigenvalue weighted by atomic mass is 16.4. The quantitative estimate of drug-likeness (QED) is 0.0994. The Hall–Kier alpha value is -5.43. The Balaban J connectivity index is 1.31. The summed E-state index contributed by atoms with van der Waals surface area (Å²) in [5.41, 5.74) is 9.86. The molecule has 9 N–H and O–H groups in total. The van der Waals surface area contributed by atoms with E-state index in [4.69, 9.17) is 5.73 Å². The van der Waals surface area contributed by atoms with Gasteiger partial charge < -0.3 is 41.7 Å². The summed E-state index contributed by atoms with van der Waals surface area (Å²) in [6.07, 6.45) is 6.79. The van der Waals surface area contributed by atoms with Gasteiger partial charge in [0, 0.05) is 65.4 Å². The van der Waals surface area contributed by atoms with Gasteiger partial charge in [-0.05, 0) is 30.2 Å². The lowest BCUT2D eigenvalue weighted by Gasteiger charge is -2.24. The molecule has 0 aliphatic rings. The van der Waals surface area contributed by atoms with Crippen molar-refractivity contribution in [2.24, 2.45) is 5.73 Å². The maximum atomic E-state index is 13.7. The summed E-state index contributed by atoms with van der Waals surface area (Å²) in [6, 6.07) is 10.6. The van der Waals surface area contributed by atoms with Crippen LogP contribution in [0.1, 0.15) is 23.7 Å². The van der Waals surface area contributed by atoms with Crippen LogP contribution in [-0.4, -0.2) is 72.9 Å². The summed E-state index contributed by atoms with van der Waals surface area (Å²) < 4.78 is 0. The molecule has 44 heavy (non-hydrogen) atoms. The number of hydrogen-bond acceptors (Lipinski definition) is 6. The average molecular weight is 599 g/mol. The van der Waals surface area contributed by atoms with E-state index in [-0.39, 0.29) is 19.3 Å². The van der Waals surface area contributed by atoms with E-state index in [0.29, 0.717) is 5.69 Å². The fraction of sp³-hybridized carbons (Fsp3) is 0.258. The van der Waals surface area contributed by atoms with Crippen molar-refractivity contribution in [1.29, 1.82) is 0 Å². The van der Waals surface area contributed by atoms with Gasteiger partial charge in [-0.25, -0.2) is 9.78 Å². The van der Waals surface area contributed by atoms with Crippen molar-refractivity contribution in [3.63, 3.8) is 0 Å². The minimum absolute atomic E-state index is 0.0273. The number of amides is 3. The molecule has 3 amide bonds. The number of nitrogens with one attached hydrogen (secondary N) is 6. The monoisotopic (exact) mass is 598 g/mol. The van der Waals surface area contributed by atoms with Gasteiger partial charge in [-0.3, -0.25) is 14.4 Å². The number of carboxylic acid groups (broad SMARTS) is 1. The van der Waals surface area contributed by atoms with Crippen molar-refractivity contribution in [2.75, 3.05) is 0 Å². The van der Waals surface area contributed by atoms with Gasteiger partial charge in [0.05, 0.1) is 12.4 Å². The van der Waals surface area contributed by atoms with Gasteiger partial charge in [-0.2, -0.15) is 0 Å². The molecule has 0 saturated heterocycles. The fourth-order valence-electron chi connectivity index (χ4n) is 5.13. The molecule has 5 aromatic rings. The second-order valence-electron chi connectivity index (χ2n) is 10.7. The smallest absolute Gasteiger partial charge is 0.326 e. The minimum Gasteiger partial charge on any atom is -0.480 e. The van der Waals surface area contributed by atoms with Crippen molar-refractivity contribution < 1.29 is 24.3 Å². The van der Waals surface area contributed by atoms with Gasteiger partial charge in [-0.15, -0.1) is 0 Å². The van der Waals surface area contributed by atoms with Gasteiger partial charge in [0.15, 0.2) is 0 Å². The molecule has 0 spiro atoms. The Kier molecular flexibility index (Phi) is 9.05. The van der Waals surface area contributed by atoms with Gasteiger partial charge in [0.2, 0.25) is 17.7 Å². The first-order chi connectivity index (χ1) is 21.2. The van der Waals surface area contributed by atoms with E-state index in [2.05, 4.69) is 35.9 Å². The van der Waals surface area contributed by atoms with Gasteiger partial charge >= 0.3 is 5.97 Å². The number of H-pyrrole nitrogens is 3.